The smallest absolute Gasteiger partial charge is 0.223 e. The lowest BCUT2D eigenvalue weighted by Crippen LogP contribution is -2.40. The van der Waals surface area contributed by atoms with Gasteiger partial charge in [0.1, 0.15) is 0 Å². The van der Waals surface area contributed by atoms with Crippen molar-refractivity contribution in [3.8, 4) is 0 Å². The van der Waals surface area contributed by atoms with Crippen molar-refractivity contribution in [2.24, 2.45) is 35.5 Å². The third kappa shape index (κ3) is 7.31. The summed E-state index contributed by atoms with van der Waals surface area (Å²) in [4.78, 5) is 12.8. The van der Waals surface area contributed by atoms with E-state index in [1.165, 1.54) is 51.4 Å². The first-order valence-electron chi connectivity index (χ1n) is 11.9. The molecule has 0 aromatic heterocycles. The molecule has 0 radical (unpaired) electrons. The molecule has 3 nitrogen and oxygen atoms in total. The number of carbonyl (C=O) groups is 1. The highest BCUT2D eigenvalue weighted by Gasteiger charge is 2.36. The van der Waals surface area contributed by atoms with E-state index in [0.717, 1.165) is 47.5 Å². The fraction of sp³-hybridized carbons (Fsp3) is 0.917. The molecule has 4 saturated carbocycles. The van der Waals surface area contributed by atoms with Crippen LogP contribution in [0.1, 0.15) is 91.9 Å². The zero-order valence-electron chi connectivity index (χ0n) is 18.5. The summed E-state index contributed by atoms with van der Waals surface area (Å²) < 4.78 is 0. The van der Waals surface area contributed by atoms with E-state index in [4.69, 9.17) is 12.2 Å². The minimum atomic E-state index is 0.326. The van der Waals surface area contributed by atoms with Crippen LogP contribution >= 0.6 is 12.2 Å². The van der Waals surface area contributed by atoms with Gasteiger partial charge in [0, 0.05) is 23.9 Å². The average molecular weight is 407 g/mol. The van der Waals surface area contributed by atoms with Crippen LogP contribution in [0.2, 0.25) is 0 Å². The number of thiocarbonyl (C=S) groups is 1. The molecule has 4 aliphatic rings. The van der Waals surface area contributed by atoms with Crippen LogP contribution in [0.3, 0.4) is 0 Å². The molecular weight excluding hydrogens is 364 g/mol. The Morgan fingerprint density at radius 2 is 1.21 bits per heavy atom. The van der Waals surface area contributed by atoms with Crippen molar-refractivity contribution in [2.45, 2.75) is 104 Å². The fourth-order valence-electron chi connectivity index (χ4n) is 4.71. The van der Waals surface area contributed by atoms with Crippen molar-refractivity contribution in [1.82, 2.24) is 10.6 Å². The van der Waals surface area contributed by atoms with Gasteiger partial charge in [-0.15, -0.1) is 0 Å². The lowest BCUT2D eigenvalue weighted by atomic mass is 9.71. The summed E-state index contributed by atoms with van der Waals surface area (Å²) in [6.45, 7) is 9.15. The van der Waals surface area contributed by atoms with Crippen molar-refractivity contribution < 1.29 is 4.79 Å². The summed E-state index contributed by atoms with van der Waals surface area (Å²) >= 11 is 5.40. The molecule has 0 saturated heterocycles. The Morgan fingerprint density at radius 3 is 1.64 bits per heavy atom. The summed E-state index contributed by atoms with van der Waals surface area (Å²) in [5, 5.41) is 6.55. The molecule has 4 rings (SSSR count). The van der Waals surface area contributed by atoms with Gasteiger partial charge < -0.3 is 10.6 Å². The highest BCUT2D eigenvalue weighted by Crippen LogP contribution is 2.39. The van der Waals surface area contributed by atoms with Crippen molar-refractivity contribution in [3.63, 3.8) is 0 Å². The predicted octanol–water partition coefficient (Wildman–Crippen LogP) is 5.48. The maximum atomic E-state index is 11.6. The van der Waals surface area contributed by atoms with Crippen LogP contribution in [-0.4, -0.2) is 23.0 Å². The van der Waals surface area contributed by atoms with Gasteiger partial charge in [0.05, 0.1) is 4.99 Å². The maximum Gasteiger partial charge on any atom is 0.223 e. The second kappa shape index (κ2) is 9.91. The van der Waals surface area contributed by atoms with E-state index >= 15 is 0 Å². The number of rotatable bonds is 8. The largest absolute Gasteiger partial charge is 0.377 e. The molecule has 0 bridgehead atoms. The Morgan fingerprint density at radius 1 is 0.786 bits per heavy atom. The van der Waals surface area contributed by atoms with Gasteiger partial charge in [0.2, 0.25) is 5.91 Å². The molecule has 0 aromatic rings. The van der Waals surface area contributed by atoms with E-state index in [9.17, 15) is 4.79 Å². The lowest BCUT2D eigenvalue weighted by Gasteiger charge is -2.37. The van der Waals surface area contributed by atoms with Gasteiger partial charge in [-0.25, -0.2) is 0 Å². The molecular formula is C24H42N2OS. The fourth-order valence-corrected chi connectivity index (χ4v) is 5.07. The number of nitrogens with one attached hydrogen (secondary N) is 2. The quantitative estimate of drug-likeness (QED) is 0.525. The zero-order valence-corrected chi connectivity index (χ0v) is 19.3. The van der Waals surface area contributed by atoms with Gasteiger partial charge in [-0.05, 0) is 87.9 Å². The third-order valence-electron chi connectivity index (χ3n) is 6.67. The van der Waals surface area contributed by atoms with E-state index in [2.05, 4.69) is 38.3 Å². The monoisotopic (exact) mass is 406 g/mol. The molecule has 0 aromatic carbocycles. The molecule has 4 fully saturated rings. The van der Waals surface area contributed by atoms with Gasteiger partial charge in [-0.3, -0.25) is 4.79 Å². The SMILES string of the molecule is CC(C)CC1CC(C(=O)NC2CC2)C1.CC(C)CC1CC(C(=S)NC2CC2)C1. The van der Waals surface area contributed by atoms with Crippen LogP contribution in [-0.2, 0) is 4.79 Å². The van der Waals surface area contributed by atoms with Crippen molar-refractivity contribution in [1.29, 1.82) is 0 Å². The molecule has 0 aliphatic heterocycles. The van der Waals surface area contributed by atoms with Crippen molar-refractivity contribution in [2.75, 3.05) is 0 Å². The molecule has 1 amide bonds. The van der Waals surface area contributed by atoms with E-state index < -0.39 is 0 Å². The lowest BCUT2D eigenvalue weighted by molar-refractivity contribution is -0.129. The minimum Gasteiger partial charge on any atom is -0.377 e. The number of hydrogen-bond acceptors (Lipinski definition) is 2. The maximum absolute atomic E-state index is 11.6. The zero-order chi connectivity index (χ0) is 20.3. The summed E-state index contributed by atoms with van der Waals surface area (Å²) in [5.74, 6) is 4.81. The van der Waals surface area contributed by atoms with E-state index in [1.807, 2.05) is 0 Å². The van der Waals surface area contributed by atoms with Crippen LogP contribution in [0, 0.1) is 35.5 Å². The molecule has 4 heteroatoms. The minimum absolute atomic E-state index is 0.326. The Balaban J connectivity index is 0.000000161. The Labute approximate surface area is 178 Å². The molecule has 0 heterocycles. The third-order valence-corrected chi connectivity index (χ3v) is 7.12. The van der Waals surface area contributed by atoms with Crippen molar-refractivity contribution >= 4 is 23.1 Å². The van der Waals surface area contributed by atoms with Crippen LogP contribution in [0.4, 0.5) is 0 Å². The van der Waals surface area contributed by atoms with E-state index in [-0.39, 0.29) is 0 Å². The summed E-state index contributed by atoms with van der Waals surface area (Å²) in [6.07, 6.45) is 12.7. The van der Waals surface area contributed by atoms with Crippen LogP contribution in [0.15, 0.2) is 0 Å². The second-order valence-electron chi connectivity index (χ2n) is 10.9. The van der Waals surface area contributed by atoms with Gasteiger partial charge in [0.25, 0.3) is 0 Å². The number of amides is 1. The Hall–Kier alpha value is -0.640. The van der Waals surface area contributed by atoms with E-state index in [0.29, 0.717) is 23.8 Å². The van der Waals surface area contributed by atoms with E-state index in [1.54, 1.807) is 0 Å². The van der Waals surface area contributed by atoms with Gasteiger partial charge in [0.15, 0.2) is 0 Å². The average Bonchev–Trinajstić information content (AvgIpc) is 3.42. The normalized spacial score (nSPS) is 31.4. The molecule has 28 heavy (non-hydrogen) atoms. The Kier molecular flexibility index (Phi) is 7.81. The number of hydrogen-bond donors (Lipinski definition) is 2. The van der Waals surface area contributed by atoms with Gasteiger partial charge in [-0.1, -0.05) is 39.9 Å². The molecule has 4 aliphatic carbocycles. The Bertz CT molecular complexity index is 479. The molecule has 0 spiro atoms. The van der Waals surface area contributed by atoms with Crippen molar-refractivity contribution in [3.05, 3.63) is 0 Å². The first-order chi connectivity index (χ1) is 13.3. The number of carbonyl (C=O) groups excluding carboxylic acids is 1. The van der Waals surface area contributed by atoms with Gasteiger partial charge >= 0.3 is 0 Å². The highest BCUT2D eigenvalue weighted by molar-refractivity contribution is 7.80. The van der Waals surface area contributed by atoms with Crippen LogP contribution < -0.4 is 10.6 Å². The van der Waals surface area contributed by atoms with Crippen LogP contribution in [0.5, 0.6) is 0 Å². The highest BCUT2D eigenvalue weighted by atomic mass is 32.1. The first kappa shape index (κ1) is 22.1. The molecule has 2 N–H and O–H groups in total. The summed E-state index contributed by atoms with van der Waals surface area (Å²) in [7, 11) is 0. The molecule has 0 unspecified atom stereocenters. The van der Waals surface area contributed by atoms with Crippen LogP contribution in [0.25, 0.3) is 0 Å². The standard InChI is InChI=1S/C12H21NO.C12H21NS/c2*1-8(2)5-9-6-10(7-9)12(14)13-11-3-4-11/h2*8-11H,3-7H2,1-2H3,(H,13,14). The second-order valence-corrected chi connectivity index (χ2v) is 11.3. The predicted molar refractivity (Wildman–Crippen MR) is 121 cm³/mol. The first-order valence-corrected chi connectivity index (χ1v) is 12.3. The molecule has 160 valence electrons. The summed E-state index contributed by atoms with van der Waals surface area (Å²) in [6, 6.07) is 1.28. The molecule has 0 atom stereocenters. The summed E-state index contributed by atoms with van der Waals surface area (Å²) in [5.41, 5.74) is 0. The van der Waals surface area contributed by atoms with Gasteiger partial charge in [-0.2, -0.15) is 0 Å². The topological polar surface area (TPSA) is 41.1 Å².